The third-order valence-electron chi connectivity index (χ3n) is 5.92. The fourth-order valence-corrected chi connectivity index (χ4v) is 4.29. The molecule has 0 unspecified atom stereocenters. The first kappa shape index (κ1) is 20.3. The van der Waals surface area contributed by atoms with Crippen LogP contribution in [0.3, 0.4) is 0 Å². The van der Waals surface area contributed by atoms with Crippen molar-refractivity contribution in [3.8, 4) is 0 Å². The second-order valence-corrected chi connectivity index (χ2v) is 7.83. The van der Waals surface area contributed by atoms with Crippen LogP contribution in [0.4, 0.5) is 19.0 Å². The molecule has 0 bridgehead atoms. The molecule has 3 N–H and O–H groups in total. The molecule has 1 aromatic carbocycles. The van der Waals surface area contributed by atoms with Crippen LogP contribution in [-0.4, -0.2) is 21.8 Å². The van der Waals surface area contributed by atoms with E-state index in [1.807, 2.05) is 35.0 Å². The number of hydrogen-bond donors (Lipinski definition) is 2. The van der Waals surface area contributed by atoms with Crippen molar-refractivity contribution in [2.75, 3.05) is 11.9 Å². The minimum atomic E-state index is -4.50. The molecule has 1 aliphatic rings. The van der Waals surface area contributed by atoms with E-state index in [9.17, 15) is 18.0 Å². The van der Waals surface area contributed by atoms with Gasteiger partial charge in [0.2, 0.25) is 5.91 Å². The summed E-state index contributed by atoms with van der Waals surface area (Å²) in [5.41, 5.74) is 6.03. The third-order valence-corrected chi connectivity index (χ3v) is 5.92. The van der Waals surface area contributed by atoms with Gasteiger partial charge in [-0.3, -0.25) is 9.20 Å². The largest absolute Gasteiger partial charge is 0.416 e. The molecule has 0 aliphatic heterocycles. The molecule has 30 heavy (non-hydrogen) atoms. The Balaban J connectivity index is 1.40. The van der Waals surface area contributed by atoms with Crippen LogP contribution in [0.5, 0.6) is 0 Å². The van der Waals surface area contributed by atoms with E-state index in [4.69, 9.17) is 5.73 Å². The van der Waals surface area contributed by atoms with E-state index in [1.165, 1.54) is 6.07 Å². The molecule has 2 heterocycles. The fourth-order valence-electron chi connectivity index (χ4n) is 4.29. The number of aromatic nitrogens is 2. The summed E-state index contributed by atoms with van der Waals surface area (Å²) in [6, 6.07) is 9.18. The van der Waals surface area contributed by atoms with Gasteiger partial charge in [0.15, 0.2) is 0 Å². The van der Waals surface area contributed by atoms with Gasteiger partial charge in [-0.05, 0) is 67.3 Å². The number of primary amides is 1. The number of amides is 1. The number of halogens is 3. The van der Waals surface area contributed by atoms with Crippen LogP contribution in [-0.2, 0) is 6.18 Å². The van der Waals surface area contributed by atoms with Crippen LogP contribution in [0, 0.1) is 5.92 Å². The van der Waals surface area contributed by atoms with E-state index in [1.54, 1.807) is 0 Å². The molecule has 8 heteroatoms. The summed E-state index contributed by atoms with van der Waals surface area (Å²) in [4.78, 5) is 16.1. The first-order valence-electron chi connectivity index (χ1n) is 10.00. The highest BCUT2D eigenvalue weighted by Gasteiger charge is 2.33. The molecule has 1 saturated carbocycles. The molecule has 3 aromatic rings. The van der Waals surface area contributed by atoms with Crippen molar-refractivity contribution in [1.29, 1.82) is 0 Å². The van der Waals surface area contributed by atoms with Gasteiger partial charge in [0.25, 0.3) is 0 Å². The molecule has 0 radical (unpaired) electrons. The average Bonchev–Trinajstić information content (AvgIpc) is 3.15. The first-order valence-corrected chi connectivity index (χ1v) is 10.00. The Morgan fingerprint density at radius 1 is 1.17 bits per heavy atom. The van der Waals surface area contributed by atoms with Crippen LogP contribution < -0.4 is 11.1 Å². The number of benzene rings is 1. The van der Waals surface area contributed by atoms with Gasteiger partial charge < -0.3 is 11.1 Å². The van der Waals surface area contributed by atoms with Crippen molar-refractivity contribution in [2.24, 2.45) is 11.7 Å². The lowest BCUT2D eigenvalue weighted by Crippen LogP contribution is -2.23. The maximum Gasteiger partial charge on any atom is 0.416 e. The maximum atomic E-state index is 13.0. The van der Waals surface area contributed by atoms with E-state index in [0.29, 0.717) is 11.5 Å². The number of carbonyl (C=O) groups excluding carboxylic acids is 1. The maximum absolute atomic E-state index is 13.0. The summed E-state index contributed by atoms with van der Waals surface area (Å²) in [5.74, 6) is 0.614. The van der Waals surface area contributed by atoms with E-state index < -0.39 is 17.6 Å². The molecule has 0 saturated heterocycles. The van der Waals surface area contributed by atoms with Crippen LogP contribution >= 0.6 is 0 Å². The van der Waals surface area contributed by atoms with Crippen molar-refractivity contribution in [1.82, 2.24) is 9.38 Å². The van der Waals surface area contributed by atoms with E-state index in [-0.39, 0.29) is 11.5 Å². The number of pyridine rings is 1. The Hall–Kier alpha value is -3.03. The SMILES string of the molecule is NC(=O)c1cc(C(F)(F)F)ccc1C1CCC(CNc2cnc3ccccn23)CC1. The Morgan fingerprint density at radius 2 is 1.93 bits per heavy atom. The van der Waals surface area contributed by atoms with Gasteiger partial charge in [-0.1, -0.05) is 12.1 Å². The molecule has 1 amide bonds. The van der Waals surface area contributed by atoms with Crippen LogP contribution in [0.15, 0.2) is 48.8 Å². The summed E-state index contributed by atoms with van der Waals surface area (Å²) in [6.07, 6.45) is 2.74. The number of nitrogens with zero attached hydrogens (tertiary/aromatic N) is 2. The molecular formula is C22H23F3N4O. The minimum absolute atomic E-state index is 0.0165. The highest BCUT2D eigenvalue weighted by Crippen LogP contribution is 2.39. The van der Waals surface area contributed by atoms with E-state index in [0.717, 1.165) is 55.8 Å². The normalized spacial score (nSPS) is 19.7. The zero-order valence-electron chi connectivity index (χ0n) is 16.3. The summed E-state index contributed by atoms with van der Waals surface area (Å²) in [5, 5.41) is 3.45. The van der Waals surface area contributed by atoms with Gasteiger partial charge in [-0.25, -0.2) is 4.98 Å². The molecule has 1 aliphatic carbocycles. The van der Waals surface area contributed by atoms with Crippen molar-refractivity contribution in [2.45, 2.75) is 37.8 Å². The molecule has 5 nitrogen and oxygen atoms in total. The van der Waals surface area contributed by atoms with Crippen LogP contribution in [0.25, 0.3) is 5.65 Å². The van der Waals surface area contributed by atoms with Crippen LogP contribution in [0.2, 0.25) is 0 Å². The van der Waals surface area contributed by atoms with Gasteiger partial charge in [0.05, 0.1) is 11.8 Å². The highest BCUT2D eigenvalue weighted by atomic mass is 19.4. The third kappa shape index (κ3) is 4.13. The highest BCUT2D eigenvalue weighted by molar-refractivity contribution is 5.94. The molecular weight excluding hydrogens is 393 g/mol. The van der Waals surface area contributed by atoms with Gasteiger partial charge >= 0.3 is 6.18 Å². The Bertz CT molecular complexity index is 1050. The molecule has 2 aromatic heterocycles. The zero-order chi connectivity index (χ0) is 21.3. The number of imidazole rings is 1. The van der Waals surface area contributed by atoms with Gasteiger partial charge in [-0.2, -0.15) is 13.2 Å². The summed E-state index contributed by atoms with van der Waals surface area (Å²) in [6.45, 7) is 0.797. The fraction of sp³-hybridized carbons (Fsp3) is 0.364. The second kappa shape index (κ2) is 8.01. The zero-order valence-corrected chi connectivity index (χ0v) is 16.3. The number of alkyl halides is 3. The summed E-state index contributed by atoms with van der Waals surface area (Å²) < 4.78 is 41.0. The van der Waals surface area contributed by atoms with E-state index >= 15 is 0 Å². The number of nitrogens with one attached hydrogen (secondary N) is 1. The van der Waals surface area contributed by atoms with Crippen molar-refractivity contribution >= 4 is 17.4 Å². The monoisotopic (exact) mass is 416 g/mol. The molecule has 158 valence electrons. The molecule has 0 spiro atoms. The number of carbonyl (C=O) groups is 1. The molecule has 1 fully saturated rings. The molecule has 4 rings (SSSR count). The summed E-state index contributed by atoms with van der Waals surface area (Å²) in [7, 11) is 0. The average molecular weight is 416 g/mol. The number of hydrogen-bond acceptors (Lipinski definition) is 3. The van der Waals surface area contributed by atoms with Crippen molar-refractivity contribution < 1.29 is 18.0 Å². The topological polar surface area (TPSA) is 72.4 Å². The van der Waals surface area contributed by atoms with Gasteiger partial charge in [-0.15, -0.1) is 0 Å². The summed E-state index contributed by atoms with van der Waals surface area (Å²) >= 11 is 0. The molecule has 0 atom stereocenters. The number of anilines is 1. The lowest BCUT2D eigenvalue weighted by molar-refractivity contribution is -0.137. The van der Waals surface area contributed by atoms with Crippen LogP contribution in [0.1, 0.15) is 53.1 Å². The Kier molecular flexibility index (Phi) is 5.40. The predicted octanol–water partition coefficient (Wildman–Crippen LogP) is 4.84. The van der Waals surface area contributed by atoms with Gasteiger partial charge in [0.1, 0.15) is 11.5 Å². The number of fused-ring (bicyclic) bond motifs is 1. The quantitative estimate of drug-likeness (QED) is 0.625. The lowest BCUT2D eigenvalue weighted by atomic mass is 9.77. The lowest BCUT2D eigenvalue weighted by Gasteiger charge is -2.30. The minimum Gasteiger partial charge on any atom is -0.370 e. The van der Waals surface area contributed by atoms with E-state index in [2.05, 4.69) is 10.3 Å². The number of rotatable bonds is 5. The number of nitrogens with two attached hydrogens (primary N) is 1. The van der Waals surface area contributed by atoms with Crippen molar-refractivity contribution in [3.05, 3.63) is 65.5 Å². The second-order valence-electron chi connectivity index (χ2n) is 7.83. The standard InChI is InChI=1S/C22H23F3N4O/c23-22(24,25)16-8-9-17(18(11-16)21(26)30)15-6-4-14(5-7-15)12-27-20-13-28-19-3-1-2-10-29(19)20/h1-3,8-11,13-15,27H,4-7,12H2,(H2,26,30). The first-order chi connectivity index (χ1) is 14.3. The Labute approximate surface area is 172 Å². The van der Waals surface area contributed by atoms with Crippen molar-refractivity contribution in [3.63, 3.8) is 0 Å². The Morgan fingerprint density at radius 3 is 2.63 bits per heavy atom. The predicted molar refractivity (Wildman–Crippen MR) is 108 cm³/mol. The van der Waals surface area contributed by atoms with Gasteiger partial charge in [0, 0.05) is 18.3 Å². The smallest absolute Gasteiger partial charge is 0.370 e.